The van der Waals surface area contributed by atoms with E-state index in [0.717, 1.165) is 24.4 Å². The summed E-state index contributed by atoms with van der Waals surface area (Å²) in [5.74, 6) is 1.43. The number of aliphatic hydroxyl groups is 1. The Morgan fingerprint density at radius 2 is 2.00 bits per heavy atom. The molecule has 18 heavy (non-hydrogen) atoms. The van der Waals surface area contributed by atoms with Crippen LogP contribution in [0.2, 0.25) is 0 Å². The number of benzene rings is 1. The molecule has 2 N–H and O–H groups in total. The zero-order valence-corrected chi connectivity index (χ0v) is 11.1. The van der Waals surface area contributed by atoms with Gasteiger partial charge in [-0.05, 0) is 55.2 Å². The van der Waals surface area contributed by atoms with Crippen molar-refractivity contribution in [1.29, 1.82) is 0 Å². The predicted octanol–water partition coefficient (Wildman–Crippen LogP) is 2.99. The molecule has 3 rings (SSSR count). The van der Waals surface area contributed by atoms with Gasteiger partial charge in [0, 0.05) is 6.04 Å². The van der Waals surface area contributed by atoms with Crippen molar-refractivity contribution < 1.29 is 5.11 Å². The molecule has 0 spiro atoms. The molecule has 3 unspecified atom stereocenters. The Morgan fingerprint density at radius 3 is 2.72 bits per heavy atom. The summed E-state index contributed by atoms with van der Waals surface area (Å²) in [6.07, 6.45) is 4.55. The third-order valence-corrected chi connectivity index (χ3v) is 4.41. The maximum Gasteiger partial charge on any atom is 0.0945 e. The fourth-order valence-corrected chi connectivity index (χ4v) is 3.15. The molecule has 1 aromatic rings. The fourth-order valence-electron chi connectivity index (χ4n) is 3.15. The van der Waals surface area contributed by atoms with Crippen LogP contribution < -0.4 is 5.32 Å². The van der Waals surface area contributed by atoms with Gasteiger partial charge in [0.15, 0.2) is 0 Å². The Balaban J connectivity index is 1.80. The summed E-state index contributed by atoms with van der Waals surface area (Å²) in [7, 11) is 0. The predicted molar refractivity (Wildman–Crippen MR) is 73.6 cm³/mol. The molecule has 1 aromatic carbocycles. The van der Waals surface area contributed by atoms with E-state index >= 15 is 0 Å². The topological polar surface area (TPSA) is 32.3 Å². The van der Waals surface area contributed by atoms with Crippen LogP contribution in [0.25, 0.3) is 0 Å². The van der Waals surface area contributed by atoms with E-state index in [1.54, 1.807) is 0 Å². The number of nitrogens with one attached hydrogen (secondary N) is 1. The van der Waals surface area contributed by atoms with Crippen molar-refractivity contribution in [2.75, 3.05) is 6.54 Å². The smallest absolute Gasteiger partial charge is 0.0945 e. The van der Waals surface area contributed by atoms with Gasteiger partial charge in [-0.15, -0.1) is 0 Å². The normalized spacial score (nSPS) is 30.1. The highest BCUT2D eigenvalue weighted by atomic mass is 16.3. The SMILES string of the molecule is CC1CCNC(C(O)c2ccccc2C2CC2)C1. The first-order valence-electron chi connectivity index (χ1n) is 7.26. The van der Waals surface area contributed by atoms with Crippen LogP contribution in [0.3, 0.4) is 0 Å². The van der Waals surface area contributed by atoms with E-state index in [-0.39, 0.29) is 12.1 Å². The molecule has 0 bridgehead atoms. The number of piperidine rings is 1. The molecular weight excluding hydrogens is 222 g/mol. The van der Waals surface area contributed by atoms with E-state index in [0.29, 0.717) is 5.92 Å². The number of aliphatic hydroxyl groups excluding tert-OH is 1. The molecule has 1 aliphatic carbocycles. The Bertz CT molecular complexity index is 413. The van der Waals surface area contributed by atoms with Crippen LogP contribution in [0.1, 0.15) is 55.8 Å². The molecule has 2 aliphatic rings. The molecule has 1 heterocycles. The monoisotopic (exact) mass is 245 g/mol. The molecule has 0 amide bonds. The molecule has 3 atom stereocenters. The Labute approximate surface area is 109 Å². The highest BCUT2D eigenvalue weighted by Crippen LogP contribution is 2.43. The summed E-state index contributed by atoms with van der Waals surface area (Å²) in [6.45, 7) is 3.32. The molecular formula is C16H23NO. The Hall–Kier alpha value is -0.860. The second-order valence-corrected chi connectivity index (χ2v) is 6.04. The summed E-state index contributed by atoms with van der Waals surface area (Å²) in [5, 5.41) is 14.1. The first-order chi connectivity index (χ1) is 8.75. The lowest BCUT2D eigenvalue weighted by Gasteiger charge is -2.32. The quantitative estimate of drug-likeness (QED) is 0.858. The van der Waals surface area contributed by atoms with Gasteiger partial charge in [-0.1, -0.05) is 31.2 Å². The number of hydrogen-bond donors (Lipinski definition) is 2. The van der Waals surface area contributed by atoms with Gasteiger partial charge in [-0.3, -0.25) is 0 Å². The molecule has 1 saturated carbocycles. The second-order valence-electron chi connectivity index (χ2n) is 6.04. The fraction of sp³-hybridized carbons (Fsp3) is 0.625. The van der Waals surface area contributed by atoms with E-state index < -0.39 is 0 Å². The molecule has 1 saturated heterocycles. The molecule has 2 heteroatoms. The van der Waals surface area contributed by atoms with Gasteiger partial charge < -0.3 is 10.4 Å². The van der Waals surface area contributed by atoms with Crippen molar-refractivity contribution >= 4 is 0 Å². The lowest BCUT2D eigenvalue weighted by Crippen LogP contribution is -2.41. The summed E-state index contributed by atoms with van der Waals surface area (Å²) in [5.41, 5.74) is 2.54. The van der Waals surface area contributed by atoms with Crippen molar-refractivity contribution in [2.45, 2.75) is 50.7 Å². The van der Waals surface area contributed by atoms with E-state index in [2.05, 4.69) is 36.5 Å². The van der Waals surface area contributed by atoms with Crippen molar-refractivity contribution in [3.63, 3.8) is 0 Å². The van der Waals surface area contributed by atoms with Gasteiger partial charge in [0.05, 0.1) is 6.10 Å². The number of rotatable bonds is 3. The maximum absolute atomic E-state index is 10.7. The zero-order valence-electron chi connectivity index (χ0n) is 11.1. The molecule has 2 nitrogen and oxygen atoms in total. The van der Waals surface area contributed by atoms with Gasteiger partial charge in [0.1, 0.15) is 0 Å². The van der Waals surface area contributed by atoms with Gasteiger partial charge in [-0.2, -0.15) is 0 Å². The van der Waals surface area contributed by atoms with Crippen LogP contribution in [0.5, 0.6) is 0 Å². The van der Waals surface area contributed by atoms with Gasteiger partial charge in [0.2, 0.25) is 0 Å². The lowest BCUT2D eigenvalue weighted by molar-refractivity contribution is 0.101. The van der Waals surface area contributed by atoms with Crippen molar-refractivity contribution in [1.82, 2.24) is 5.32 Å². The Kier molecular flexibility index (Phi) is 3.40. The molecule has 0 aromatic heterocycles. The third-order valence-electron chi connectivity index (χ3n) is 4.41. The average molecular weight is 245 g/mol. The van der Waals surface area contributed by atoms with E-state index in [1.165, 1.54) is 24.8 Å². The van der Waals surface area contributed by atoms with Crippen LogP contribution in [0, 0.1) is 5.92 Å². The van der Waals surface area contributed by atoms with E-state index in [4.69, 9.17) is 0 Å². The summed E-state index contributed by atoms with van der Waals surface area (Å²) < 4.78 is 0. The first kappa shape index (κ1) is 12.2. The van der Waals surface area contributed by atoms with Crippen molar-refractivity contribution in [2.24, 2.45) is 5.92 Å². The number of hydrogen-bond acceptors (Lipinski definition) is 2. The van der Waals surface area contributed by atoms with Crippen LogP contribution in [0.15, 0.2) is 24.3 Å². The van der Waals surface area contributed by atoms with Crippen molar-refractivity contribution in [3.8, 4) is 0 Å². The van der Waals surface area contributed by atoms with E-state index in [9.17, 15) is 5.11 Å². The zero-order chi connectivity index (χ0) is 12.5. The molecule has 1 aliphatic heterocycles. The Morgan fingerprint density at radius 1 is 1.22 bits per heavy atom. The first-order valence-corrected chi connectivity index (χ1v) is 7.26. The largest absolute Gasteiger partial charge is 0.387 e. The van der Waals surface area contributed by atoms with Gasteiger partial charge in [-0.25, -0.2) is 0 Å². The lowest BCUT2D eigenvalue weighted by atomic mass is 9.86. The van der Waals surface area contributed by atoms with Gasteiger partial charge >= 0.3 is 0 Å². The summed E-state index contributed by atoms with van der Waals surface area (Å²) in [6, 6.07) is 8.69. The van der Waals surface area contributed by atoms with Crippen molar-refractivity contribution in [3.05, 3.63) is 35.4 Å². The minimum atomic E-state index is -0.343. The van der Waals surface area contributed by atoms with Crippen LogP contribution in [-0.4, -0.2) is 17.7 Å². The minimum absolute atomic E-state index is 0.230. The average Bonchev–Trinajstić information content (AvgIpc) is 3.22. The maximum atomic E-state index is 10.7. The van der Waals surface area contributed by atoms with Gasteiger partial charge in [0.25, 0.3) is 0 Å². The van der Waals surface area contributed by atoms with E-state index in [1.807, 2.05) is 0 Å². The molecule has 2 fully saturated rings. The van der Waals surface area contributed by atoms with Crippen LogP contribution in [-0.2, 0) is 0 Å². The second kappa shape index (κ2) is 5.02. The third kappa shape index (κ3) is 2.45. The standard InChI is InChI=1S/C16H23NO/c1-11-8-9-17-15(10-11)16(18)14-5-3-2-4-13(14)12-6-7-12/h2-5,11-12,15-18H,6-10H2,1H3. The van der Waals surface area contributed by atoms with Crippen LogP contribution in [0.4, 0.5) is 0 Å². The highest BCUT2D eigenvalue weighted by molar-refractivity contribution is 5.35. The summed E-state index contributed by atoms with van der Waals surface area (Å²) in [4.78, 5) is 0. The highest BCUT2D eigenvalue weighted by Gasteiger charge is 2.31. The van der Waals surface area contributed by atoms with Crippen LogP contribution >= 0.6 is 0 Å². The molecule has 0 radical (unpaired) electrons. The minimum Gasteiger partial charge on any atom is -0.387 e. The summed E-state index contributed by atoms with van der Waals surface area (Å²) >= 11 is 0. The molecule has 98 valence electrons.